The maximum absolute atomic E-state index is 15.0. The highest BCUT2D eigenvalue weighted by Crippen LogP contribution is 2.37. The molecule has 4 rings (SSSR count). The van der Waals surface area contributed by atoms with E-state index in [2.05, 4.69) is 4.98 Å². The fourth-order valence-corrected chi connectivity index (χ4v) is 5.25. The zero-order valence-corrected chi connectivity index (χ0v) is 22.6. The number of halogens is 6. The summed E-state index contributed by atoms with van der Waals surface area (Å²) in [5.74, 6) is -6.05. The molecule has 0 aliphatic carbocycles. The van der Waals surface area contributed by atoms with Crippen molar-refractivity contribution in [2.45, 2.75) is 50.2 Å². The Morgan fingerprint density at radius 1 is 1.07 bits per heavy atom. The molecule has 0 spiro atoms. The number of amides is 1. The highest BCUT2D eigenvalue weighted by atomic mass is 19.4. The number of nitrogens with zero attached hydrogens (tertiary/aromatic N) is 3. The number of methoxy groups -OCH3 is 1. The molecule has 1 aromatic carbocycles. The van der Waals surface area contributed by atoms with E-state index in [1.807, 2.05) is 0 Å². The summed E-state index contributed by atoms with van der Waals surface area (Å²) in [5.41, 5.74) is -0.560. The van der Waals surface area contributed by atoms with Gasteiger partial charge in [-0.1, -0.05) is 0 Å². The average molecular weight is 588 g/mol. The molecule has 41 heavy (non-hydrogen) atoms. The number of hydrogen-bond acceptors (Lipinski definition) is 6. The van der Waals surface area contributed by atoms with Gasteiger partial charge in [-0.05, 0) is 81.9 Å². The van der Waals surface area contributed by atoms with Crippen molar-refractivity contribution in [3.8, 4) is 17.0 Å². The molecule has 1 atom stereocenters. The number of aromatic nitrogens is 1. The number of hydrogen-bond donors (Lipinski definition) is 0. The minimum atomic E-state index is -5.57. The van der Waals surface area contributed by atoms with E-state index in [-0.39, 0.29) is 36.7 Å². The van der Waals surface area contributed by atoms with Crippen molar-refractivity contribution >= 4 is 11.9 Å². The van der Waals surface area contributed by atoms with Gasteiger partial charge in [-0.15, -0.1) is 0 Å². The van der Waals surface area contributed by atoms with Crippen LogP contribution in [0.5, 0.6) is 5.75 Å². The zero-order chi connectivity index (χ0) is 30.0. The third-order valence-electron chi connectivity index (χ3n) is 7.77. The molecule has 7 nitrogen and oxygen atoms in total. The van der Waals surface area contributed by atoms with E-state index >= 15 is 4.39 Å². The number of ether oxygens (including phenoxy) is 2. The number of pyridine rings is 1. The minimum absolute atomic E-state index is 0.0235. The van der Waals surface area contributed by atoms with Gasteiger partial charge in [-0.2, -0.15) is 22.0 Å². The van der Waals surface area contributed by atoms with Crippen molar-refractivity contribution in [2.75, 3.05) is 39.9 Å². The average Bonchev–Trinajstić information content (AvgIpc) is 3.33. The largest absolute Gasteiger partial charge is 0.492 e. The molecular formula is C28H31F6N3O4. The van der Waals surface area contributed by atoms with Crippen molar-refractivity contribution in [3.63, 3.8) is 0 Å². The summed E-state index contributed by atoms with van der Waals surface area (Å²) in [6.07, 6.45) is -2.28. The van der Waals surface area contributed by atoms with Gasteiger partial charge in [0.1, 0.15) is 17.1 Å². The van der Waals surface area contributed by atoms with E-state index in [9.17, 15) is 31.5 Å². The van der Waals surface area contributed by atoms with E-state index < -0.39 is 41.9 Å². The van der Waals surface area contributed by atoms with Crippen LogP contribution in [-0.2, 0) is 9.53 Å². The minimum Gasteiger partial charge on any atom is -0.492 e. The van der Waals surface area contributed by atoms with Crippen LogP contribution in [0.2, 0.25) is 0 Å². The topological polar surface area (TPSA) is 72.0 Å². The van der Waals surface area contributed by atoms with Gasteiger partial charge in [0, 0.05) is 17.7 Å². The van der Waals surface area contributed by atoms with Crippen LogP contribution in [0.25, 0.3) is 11.3 Å². The van der Waals surface area contributed by atoms with Gasteiger partial charge in [-0.3, -0.25) is 14.7 Å². The van der Waals surface area contributed by atoms with E-state index in [1.54, 1.807) is 19.1 Å². The van der Waals surface area contributed by atoms with Gasteiger partial charge in [0.25, 0.3) is 5.91 Å². The van der Waals surface area contributed by atoms with Gasteiger partial charge in [0.05, 0.1) is 32.2 Å². The Bertz CT molecular complexity index is 1250. The predicted molar refractivity (Wildman–Crippen MR) is 136 cm³/mol. The maximum Gasteiger partial charge on any atom is 0.454 e. The first-order valence-corrected chi connectivity index (χ1v) is 13.2. The molecule has 13 heteroatoms. The molecule has 3 heterocycles. The number of likely N-dealkylation sites (tertiary alicyclic amines) is 2. The Morgan fingerprint density at radius 3 is 2.37 bits per heavy atom. The lowest BCUT2D eigenvalue weighted by Crippen LogP contribution is -2.51. The Hall–Kier alpha value is -3.35. The van der Waals surface area contributed by atoms with E-state index in [4.69, 9.17) is 9.47 Å². The number of piperidine rings is 1. The van der Waals surface area contributed by atoms with Crippen molar-refractivity contribution in [1.82, 2.24) is 14.8 Å². The second-order valence-electron chi connectivity index (χ2n) is 10.6. The second kappa shape index (κ2) is 11.9. The third-order valence-corrected chi connectivity index (χ3v) is 7.77. The SMILES string of the molecule is COC(=O)[C@]1(C)CCCN1C(=O)c1ccc(-c2ccc(OCC3CCN(CC(F)(F)C(F)(F)F)CC3)cn2)c(F)c1. The summed E-state index contributed by atoms with van der Waals surface area (Å²) in [5, 5.41) is 0. The lowest BCUT2D eigenvalue weighted by Gasteiger charge is -2.34. The molecule has 2 fully saturated rings. The van der Waals surface area contributed by atoms with E-state index in [0.717, 1.165) is 11.0 Å². The number of carbonyl (C=O) groups is 2. The van der Waals surface area contributed by atoms with Crippen LogP contribution in [0.4, 0.5) is 26.3 Å². The third kappa shape index (κ3) is 6.60. The number of rotatable bonds is 8. The molecule has 0 N–H and O–H groups in total. The van der Waals surface area contributed by atoms with E-state index in [0.29, 0.717) is 43.7 Å². The van der Waals surface area contributed by atoms with Gasteiger partial charge in [0.2, 0.25) is 0 Å². The molecule has 2 aliphatic heterocycles. The van der Waals surface area contributed by atoms with Crippen LogP contribution in [0.3, 0.4) is 0 Å². The molecule has 0 saturated carbocycles. The smallest absolute Gasteiger partial charge is 0.454 e. The van der Waals surface area contributed by atoms with Crippen molar-refractivity contribution in [3.05, 3.63) is 47.9 Å². The number of carbonyl (C=O) groups excluding carboxylic acids is 2. The molecule has 1 aromatic heterocycles. The van der Waals surface area contributed by atoms with Crippen molar-refractivity contribution < 1.29 is 45.4 Å². The lowest BCUT2D eigenvalue weighted by molar-refractivity contribution is -0.287. The summed E-state index contributed by atoms with van der Waals surface area (Å²) >= 11 is 0. The Labute approximate surface area is 233 Å². The molecule has 0 radical (unpaired) electrons. The van der Waals surface area contributed by atoms with Crippen molar-refractivity contribution in [2.24, 2.45) is 5.92 Å². The summed E-state index contributed by atoms with van der Waals surface area (Å²) < 4.78 is 89.6. The van der Waals surface area contributed by atoms with Gasteiger partial charge in [-0.25, -0.2) is 9.18 Å². The lowest BCUT2D eigenvalue weighted by atomic mass is 9.97. The molecule has 2 aromatic rings. The number of benzene rings is 1. The van der Waals surface area contributed by atoms with Gasteiger partial charge in [0.15, 0.2) is 0 Å². The predicted octanol–water partition coefficient (Wildman–Crippen LogP) is 5.34. The highest BCUT2D eigenvalue weighted by Gasteiger charge is 2.58. The Kier molecular flexibility index (Phi) is 8.86. The molecule has 224 valence electrons. The monoisotopic (exact) mass is 587 g/mol. The second-order valence-corrected chi connectivity index (χ2v) is 10.6. The van der Waals surface area contributed by atoms with Crippen LogP contribution >= 0.6 is 0 Å². The Morgan fingerprint density at radius 2 is 1.78 bits per heavy atom. The summed E-state index contributed by atoms with van der Waals surface area (Å²) in [4.78, 5) is 32.1. The number of esters is 1. The first-order chi connectivity index (χ1) is 19.2. The van der Waals surface area contributed by atoms with Crippen LogP contribution in [0, 0.1) is 11.7 Å². The van der Waals surface area contributed by atoms with Gasteiger partial charge >= 0.3 is 18.1 Å². The Balaban J connectivity index is 1.32. The van der Waals surface area contributed by atoms with Crippen LogP contribution in [0.1, 0.15) is 43.0 Å². The first kappa shape index (κ1) is 30.6. The molecular weight excluding hydrogens is 556 g/mol. The molecule has 1 amide bonds. The highest BCUT2D eigenvalue weighted by molar-refractivity contribution is 5.98. The summed E-state index contributed by atoms with van der Waals surface area (Å²) in [7, 11) is 1.26. The standard InChI is InChI=1S/C28H31F6N3O4/c1-26(25(39)40-2)10-3-11-37(26)24(38)19-4-6-21(22(29)14-19)23-7-5-20(15-35-23)41-16-18-8-12-36(13-9-18)17-27(30,31)28(32,33)34/h4-7,14-15,18H,3,8-13,16-17H2,1-2H3/t26-/m0/s1. The number of alkyl halides is 5. The molecule has 0 bridgehead atoms. The maximum atomic E-state index is 15.0. The molecule has 2 aliphatic rings. The summed E-state index contributed by atoms with van der Waals surface area (Å²) in [6, 6.07) is 7.15. The van der Waals surface area contributed by atoms with Gasteiger partial charge < -0.3 is 14.4 Å². The normalized spacial score (nSPS) is 20.7. The van der Waals surface area contributed by atoms with Crippen molar-refractivity contribution in [1.29, 1.82) is 0 Å². The summed E-state index contributed by atoms with van der Waals surface area (Å²) in [6.45, 7) is 1.07. The zero-order valence-electron chi connectivity index (χ0n) is 22.6. The fourth-order valence-electron chi connectivity index (χ4n) is 5.25. The van der Waals surface area contributed by atoms with Crippen LogP contribution in [-0.4, -0.2) is 84.2 Å². The first-order valence-electron chi connectivity index (χ1n) is 13.2. The molecule has 0 unspecified atom stereocenters. The van der Waals surface area contributed by atoms with E-state index in [1.165, 1.54) is 30.3 Å². The quantitative estimate of drug-likeness (QED) is 0.307. The molecule has 2 saturated heterocycles. The fraction of sp³-hybridized carbons (Fsp3) is 0.536. The van der Waals surface area contributed by atoms with Crippen LogP contribution < -0.4 is 4.74 Å². The van der Waals surface area contributed by atoms with Crippen LogP contribution in [0.15, 0.2) is 36.5 Å².